The van der Waals surface area contributed by atoms with Crippen molar-refractivity contribution < 1.29 is 9.84 Å². The van der Waals surface area contributed by atoms with Gasteiger partial charge in [-0.25, -0.2) is 0 Å². The molecule has 1 N–H and O–H groups in total. The van der Waals surface area contributed by atoms with Crippen LogP contribution in [0.1, 0.15) is 12.0 Å². The summed E-state index contributed by atoms with van der Waals surface area (Å²) in [5.74, 6) is 1.16. The molecule has 1 heterocycles. The molecule has 2 rings (SSSR count). The van der Waals surface area contributed by atoms with E-state index in [0.29, 0.717) is 5.75 Å². The van der Waals surface area contributed by atoms with Gasteiger partial charge >= 0.3 is 0 Å². The summed E-state index contributed by atoms with van der Waals surface area (Å²) in [5, 5.41) is 9.89. The zero-order valence-corrected chi connectivity index (χ0v) is 11.2. The molecule has 0 bridgehead atoms. The van der Waals surface area contributed by atoms with Gasteiger partial charge in [-0.3, -0.25) is 4.90 Å². The van der Waals surface area contributed by atoms with Crippen LogP contribution in [0.3, 0.4) is 0 Å². The highest BCUT2D eigenvalue weighted by molar-refractivity contribution is 5.39. The molecule has 0 amide bonds. The van der Waals surface area contributed by atoms with Crippen LogP contribution in [0.4, 0.5) is 0 Å². The minimum absolute atomic E-state index is 0.355. The summed E-state index contributed by atoms with van der Waals surface area (Å²) in [6.45, 7) is 5.16. The molecule has 0 aliphatic carbocycles. The molecule has 1 aromatic rings. The first-order valence-corrected chi connectivity index (χ1v) is 6.46. The number of ether oxygens (including phenoxy) is 1. The van der Waals surface area contributed by atoms with Crippen molar-refractivity contribution in [1.82, 2.24) is 9.80 Å². The predicted molar refractivity (Wildman–Crippen MR) is 72.0 cm³/mol. The zero-order valence-electron chi connectivity index (χ0n) is 11.2. The van der Waals surface area contributed by atoms with Crippen molar-refractivity contribution in [2.45, 2.75) is 13.0 Å². The lowest BCUT2D eigenvalue weighted by atomic mass is 10.1. The molecule has 0 atom stereocenters. The third-order valence-electron chi connectivity index (χ3n) is 3.49. The molecule has 0 spiro atoms. The van der Waals surface area contributed by atoms with Crippen LogP contribution in [-0.2, 0) is 6.54 Å². The van der Waals surface area contributed by atoms with E-state index in [1.165, 1.54) is 6.42 Å². The Hall–Kier alpha value is -1.26. The minimum atomic E-state index is 0.355. The van der Waals surface area contributed by atoms with Crippen LogP contribution in [0, 0.1) is 0 Å². The molecule has 0 radical (unpaired) electrons. The Morgan fingerprint density at radius 3 is 2.83 bits per heavy atom. The third-order valence-corrected chi connectivity index (χ3v) is 3.49. The summed E-state index contributed by atoms with van der Waals surface area (Å²) in [5.41, 5.74) is 0.943. The monoisotopic (exact) mass is 250 g/mol. The van der Waals surface area contributed by atoms with Gasteiger partial charge in [0.1, 0.15) is 11.5 Å². The highest BCUT2D eigenvalue weighted by Crippen LogP contribution is 2.24. The summed E-state index contributed by atoms with van der Waals surface area (Å²) >= 11 is 0. The van der Waals surface area contributed by atoms with Crippen LogP contribution >= 0.6 is 0 Å². The molecule has 1 fully saturated rings. The van der Waals surface area contributed by atoms with E-state index in [1.54, 1.807) is 19.2 Å². The zero-order chi connectivity index (χ0) is 13.0. The summed E-state index contributed by atoms with van der Waals surface area (Å²) < 4.78 is 5.20. The van der Waals surface area contributed by atoms with Gasteiger partial charge < -0.3 is 14.7 Å². The molecule has 1 aliphatic rings. The number of hydrogen-bond donors (Lipinski definition) is 1. The molecule has 18 heavy (non-hydrogen) atoms. The van der Waals surface area contributed by atoms with E-state index in [4.69, 9.17) is 4.74 Å². The van der Waals surface area contributed by atoms with Gasteiger partial charge in [0, 0.05) is 25.2 Å². The number of hydrogen-bond acceptors (Lipinski definition) is 4. The topological polar surface area (TPSA) is 35.9 Å². The van der Waals surface area contributed by atoms with Gasteiger partial charge in [0.05, 0.1) is 7.11 Å². The lowest BCUT2D eigenvalue weighted by Gasteiger charge is -2.20. The highest BCUT2D eigenvalue weighted by atomic mass is 16.5. The van der Waals surface area contributed by atoms with Crippen molar-refractivity contribution in [2.24, 2.45) is 0 Å². The number of likely N-dealkylation sites (N-methyl/N-ethyl adjacent to an activating group) is 1. The second kappa shape index (κ2) is 6.07. The van der Waals surface area contributed by atoms with Gasteiger partial charge in [-0.15, -0.1) is 0 Å². The average Bonchev–Trinajstić information content (AvgIpc) is 2.57. The smallest absolute Gasteiger partial charge is 0.120 e. The number of nitrogens with zero attached hydrogens (tertiary/aromatic N) is 2. The van der Waals surface area contributed by atoms with Crippen molar-refractivity contribution in [2.75, 3.05) is 40.3 Å². The van der Waals surface area contributed by atoms with Crippen LogP contribution in [-0.4, -0.2) is 55.2 Å². The molecule has 0 aromatic heterocycles. The Labute approximate surface area is 109 Å². The van der Waals surface area contributed by atoms with Crippen molar-refractivity contribution in [1.29, 1.82) is 0 Å². The maximum Gasteiger partial charge on any atom is 0.120 e. The van der Waals surface area contributed by atoms with E-state index in [0.717, 1.165) is 44.0 Å². The second-order valence-electron chi connectivity index (χ2n) is 4.93. The summed E-state index contributed by atoms with van der Waals surface area (Å²) in [7, 11) is 3.81. The molecule has 4 nitrogen and oxygen atoms in total. The van der Waals surface area contributed by atoms with E-state index < -0.39 is 0 Å². The molecular formula is C14H22N2O2. The molecule has 0 saturated carbocycles. The van der Waals surface area contributed by atoms with E-state index in [9.17, 15) is 5.11 Å². The summed E-state index contributed by atoms with van der Waals surface area (Å²) in [6, 6.07) is 5.41. The van der Waals surface area contributed by atoms with Gasteiger partial charge in [0.15, 0.2) is 0 Å². The lowest BCUT2D eigenvalue weighted by Crippen LogP contribution is -2.28. The van der Waals surface area contributed by atoms with Gasteiger partial charge in [-0.05, 0) is 44.8 Å². The number of rotatable bonds is 3. The van der Waals surface area contributed by atoms with Crippen LogP contribution < -0.4 is 4.74 Å². The van der Waals surface area contributed by atoms with Gasteiger partial charge in [-0.1, -0.05) is 0 Å². The van der Waals surface area contributed by atoms with Gasteiger partial charge in [-0.2, -0.15) is 0 Å². The largest absolute Gasteiger partial charge is 0.508 e. The molecule has 1 aliphatic heterocycles. The molecule has 100 valence electrons. The quantitative estimate of drug-likeness (QED) is 0.882. The lowest BCUT2D eigenvalue weighted by molar-refractivity contribution is 0.265. The summed E-state index contributed by atoms with van der Waals surface area (Å²) in [4.78, 5) is 4.74. The fourth-order valence-electron chi connectivity index (χ4n) is 2.31. The SMILES string of the molecule is COc1ccc(O)c(CN2CCCN(C)CC2)c1. The standard InChI is InChI=1S/C14H22N2O2/c1-15-6-3-7-16(9-8-15)11-12-10-13(18-2)4-5-14(12)17/h4-5,10,17H,3,6-9,11H2,1-2H3. The normalized spacial score (nSPS) is 18.6. The second-order valence-corrected chi connectivity index (χ2v) is 4.93. The number of aromatic hydroxyl groups is 1. The van der Waals surface area contributed by atoms with Crippen LogP contribution in [0.5, 0.6) is 11.5 Å². The van der Waals surface area contributed by atoms with Gasteiger partial charge in [0.25, 0.3) is 0 Å². The van der Waals surface area contributed by atoms with Crippen molar-refractivity contribution in [3.63, 3.8) is 0 Å². The molecular weight excluding hydrogens is 228 g/mol. The van der Waals surface area contributed by atoms with Crippen molar-refractivity contribution >= 4 is 0 Å². The highest BCUT2D eigenvalue weighted by Gasteiger charge is 2.14. The first kappa shape index (κ1) is 13.2. The minimum Gasteiger partial charge on any atom is -0.508 e. The Balaban J connectivity index is 2.03. The van der Waals surface area contributed by atoms with E-state index >= 15 is 0 Å². The number of phenols is 1. The first-order chi connectivity index (χ1) is 8.69. The van der Waals surface area contributed by atoms with Crippen LogP contribution in [0.2, 0.25) is 0 Å². The maximum atomic E-state index is 9.89. The van der Waals surface area contributed by atoms with Crippen molar-refractivity contribution in [3.8, 4) is 11.5 Å². The number of benzene rings is 1. The maximum absolute atomic E-state index is 9.89. The predicted octanol–water partition coefficient (Wildman–Crippen LogP) is 1.54. The van der Waals surface area contributed by atoms with Crippen LogP contribution in [0.15, 0.2) is 18.2 Å². The van der Waals surface area contributed by atoms with E-state index in [-0.39, 0.29) is 0 Å². The molecule has 4 heteroatoms. The third kappa shape index (κ3) is 3.37. The van der Waals surface area contributed by atoms with E-state index in [2.05, 4.69) is 16.8 Å². The number of phenolic OH excluding ortho intramolecular Hbond substituents is 1. The van der Waals surface area contributed by atoms with Gasteiger partial charge in [0.2, 0.25) is 0 Å². The Morgan fingerprint density at radius 2 is 2.06 bits per heavy atom. The Kier molecular flexibility index (Phi) is 4.44. The Bertz CT molecular complexity index is 395. The number of methoxy groups -OCH3 is 1. The fourth-order valence-corrected chi connectivity index (χ4v) is 2.31. The molecule has 1 saturated heterocycles. The fraction of sp³-hybridized carbons (Fsp3) is 0.571. The van der Waals surface area contributed by atoms with Crippen molar-refractivity contribution in [3.05, 3.63) is 23.8 Å². The first-order valence-electron chi connectivity index (χ1n) is 6.46. The van der Waals surface area contributed by atoms with Crippen LogP contribution in [0.25, 0.3) is 0 Å². The Morgan fingerprint density at radius 1 is 1.22 bits per heavy atom. The average molecular weight is 250 g/mol. The van der Waals surface area contributed by atoms with E-state index in [1.807, 2.05) is 6.07 Å². The molecule has 1 aromatic carbocycles. The summed E-state index contributed by atoms with van der Waals surface area (Å²) in [6.07, 6.45) is 1.18. The molecule has 0 unspecified atom stereocenters.